The van der Waals surface area contributed by atoms with E-state index in [9.17, 15) is 13.2 Å². The van der Waals surface area contributed by atoms with Gasteiger partial charge in [0.05, 0.1) is 40.5 Å². The molecule has 0 saturated carbocycles. The number of hydrogen-bond acceptors (Lipinski definition) is 5. The van der Waals surface area contributed by atoms with Gasteiger partial charge in [0.25, 0.3) is 5.91 Å². The second-order valence-corrected chi connectivity index (χ2v) is 10.3. The van der Waals surface area contributed by atoms with Crippen molar-refractivity contribution < 1.29 is 13.2 Å². The third-order valence-electron chi connectivity index (χ3n) is 5.85. The van der Waals surface area contributed by atoms with Crippen LogP contribution in [0.25, 0.3) is 22.2 Å². The van der Waals surface area contributed by atoms with E-state index in [4.69, 9.17) is 4.98 Å². The number of fused-ring (bicyclic) bond motifs is 1. The first-order valence-corrected chi connectivity index (χ1v) is 13.5. The monoisotopic (exact) mass is 508 g/mol. The molecule has 0 aliphatic carbocycles. The number of pyridine rings is 2. The van der Waals surface area contributed by atoms with Gasteiger partial charge in [-0.1, -0.05) is 84.9 Å². The molecule has 8 heteroatoms. The molecule has 184 valence electrons. The van der Waals surface area contributed by atoms with Gasteiger partial charge in [-0.05, 0) is 23.8 Å². The summed E-state index contributed by atoms with van der Waals surface area (Å²) in [5, 5.41) is 3.63. The van der Waals surface area contributed by atoms with Crippen molar-refractivity contribution >= 4 is 32.5 Å². The first kappa shape index (κ1) is 24.1. The van der Waals surface area contributed by atoms with Crippen LogP contribution in [0.3, 0.4) is 0 Å². The third kappa shape index (κ3) is 5.34. The predicted molar refractivity (Wildman–Crippen MR) is 146 cm³/mol. The van der Waals surface area contributed by atoms with E-state index < -0.39 is 22.0 Å². The van der Waals surface area contributed by atoms with Gasteiger partial charge in [0, 0.05) is 17.1 Å². The zero-order valence-electron chi connectivity index (χ0n) is 20.0. The number of nitrogens with one attached hydrogen (secondary N) is 2. The van der Waals surface area contributed by atoms with Crippen molar-refractivity contribution in [3.63, 3.8) is 0 Å². The lowest BCUT2D eigenvalue weighted by atomic mass is 9.99. The summed E-state index contributed by atoms with van der Waals surface area (Å²) in [5.41, 5.74) is 3.42. The Morgan fingerprint density at radius 3 is 2.14 bits per heavy atom. The van der Waals surface area contributed by atoms with Gasteiger partial charge >= 0.3 is 0 Å². The van der Waals surface area contributed by atoms with E-state index in [-0.39, 0.29) is 11.3 Å². The Kier molecular flexibility index (Phi) is 6.66. The maximum atomic E-state index is 14.1. The Balaban J connectivity index is 1.72. The molecule has 0 bridgehead atoms. The van der Waals surface area contributed by atoms with Crippen LogP contribution in [0.5, 0.6) is 0 Å². The van der Waals surface area contributed by atoms with Crippen molar-refractivity contribution in [2.45, 2.75) is 6.04 Å². The molecule has 0 saturated heterocycles. The number of anilines is 1. The average molecular weight is 509 g/mol. The van der Waals surface area contributed by atoms with Gasteiger partial charge < -0.3 is 5.32 Å². The summed E-state index contributed by atoms with van der Waals surface area (Å²) in [6, 6.07) is 30.8. The Morgan fingerprint density at radius 2 is 1.46 bits per heavy atom. The highest BCUT2D eigenvalue weighted by Gasteiger charge is 2.26. The largest absolute Gasteiger partial charge is 0.339 e. The molecule has 0 radical (unpaired) electrons. The summed E-state index contributed by atoms with van der Waals surface area (Å²) in [6.45, 7) is 0. The van der Waals surface area contributed by atoms with Gasteiger partial charge in [-0.25, -0.2) is 13.4 Å². The molecule has 1 atom stereocenters. The van der Waals surface area contributed by atoms with Crippen molar-refractivity contribution in [3.05, 3.63) is 126 Å². The Bertz CT molecular complexity index is 1620. The summed E-state index contributed by atoms with van der Waals surface area (Å²) in [6.07, 6.45) is 2.72. The fraction of sp³-hybridized carbons (Fsp3) is 0.0690. The maximum absolute atomic E-state index is 14.1. The fourth-order valence-electron chi connectivity index (χ4n) is 4.26. The topological polar surface area (TPSA) is 101 Å². The number of para-hydroxylation sites is 1. The minimum absolute atomic E-state index is 0.123. The van der Waals surface area contributed by atoms with Crippen LogP contribution < -0.4 is 10.0 Å². The molecule has 37 heavy (non-hydrogen) atoms. The van der Waals surface area contributed by atoms with E-state index in [1.807, 2.05) is 84.9 Å². The molecule has 5 rings (SSSR count). The lowest BCUT2D eigenvalue weighted by molar-refractivity contribution is 0.0945. The summed E-state index contributed by atoms with van der Waals surface area (Å²) in [4.78, 5) is 23.3. The molecular formula is C29H24N4O3S. The highest BCUT2D eigenvalue weighted by atomic mass is 32.2. The summed E-state index contributed by atoms with van der Waals surface area (Å²) in [5.74, 6) is -0.457. The first-order valence-electron chi connectivity index (χ1n) is 11.6. The molecule has 2 aromatic heterocycles. The van der Waals surface area contributed by atoms with Crippen LogP contribution in [0.1, 0.15) is 27.7 Å². The maximum Gasteiger partial charge on any atom is 0.254 e. The number of benzene rings is 3. The number of sulfonamides is 1. The minimum Gasteiger partial charge on any atom is -0.339 e. The van der Waals surface area contributed by atoms with E-state index in [0.717, 1.165) is 11.8 Å². The van der Waals surface area contributed by atoms with Crippen molar-refractivity contribution in [1.82, 2.24) is 15.3 Å². The van der Waals surface area contributed by atoms with Gasteiger partial charge in [-0.15, -0.1) is 0 Å². The van der Waals surface area contributed by atoms with Crippen LogP contribution >= 0.6 is 0 Å². The van der Waals surface area contributed by atoms with E-state index in [2.05, 4.69) is 15.0 Å². The van der Waals surface area contributed by atoms with Crippen LogP contribution in [0.15, 0.2) is 109 Å². The number of amides is 1. The molecule has 0 aliphatic heterocycles. The third-order valence-corrected chi connectivity index (χ3v) is 6.42. The van der Waals surface area contributed by atoms with E-state index >= 15 is 0 Å². The molecule has 0 fully saturated rings. The van der Waals surface area contributed by atoms with Crippen LogP contribution in [-0.2, 0) is 10.0 Å². The van der Waals surface area contributed by atoms with Gasteiger partial charge in [0.15, 0.2) is 0 Å². The van der Waals surface area contributed by atoms with Crippen LogP contribution in [-0.4, -0.2) is 30.5 Å². The van der Waals surface area contributed by atoms with E-state index in [1.54, 1.807) is 24.4 Å². The Morgan fingerprint density at radius 1 is 0.811 bits per heavy atom. The molecule has 2 heterocycles. The quantitative estimate of drug-likeness (QED) is 0.315. The number of carbonyl (C=O) groups is 1. The molecule has 1 unspecified atom stereocenters. The highest BCUT2D eigenvalue weighted by molar-refractivity contribution is 7.92. The molecule has 0 spiro atoms. The smallest absolute Gasteiger partial charge is 0.254 e. The fourth-order valence-corrected chi connectivity index (χ4v) is 4.83. The highest BCUT2D eigenvalue weighted by Crippen LogP contribution is 2.35. The zero-order valence-corrected chi connectivity index (χ0v) is 20.8. The van der Waals surface area contributed by atoms with E-state index in [0.29, 0.717) is 27.9 Å². The van der Waals surface area contributed by atoms with Crippen LogP contribution in [0.2, 0.25) is 0 Å². The van der Waals surface area contributed by atoms with Gasteiger partial charge in [-0.2, -0.15) is 0 Å². The number of carbonyl (C=O) groups excluding carboxylic acids is 1. The second kappa shape index (κ2) is 10.2. The Labute approximate surface area is 215 Å². The summed E-state index contributed by atoms with van der Waals surface area (Å²) < 4.78 is 27.5. The van der Waals surface area contributed by atoms with Crippen molar-refractivity contribution in [1.29, 1.82) is 0 Å². The Hall–Kier alpha value is -4.56. The number of hydrogen-bond donors (Lipinski definition) is 2. The van der Waals surface area contributed by atoms with Crippen molar-refractivity contribution in [2.24, 2.45) is 0 Å². The molecule has 5 aromatic rings. The van der Waals surface area contributed by atoms with Gasteiger partial charge in [-0.3, -0.25) is 14.5 Å². The molecule has 3 aromatic carbocycles. The number of aromatic nitrogens is 2. The summed E-state index contributed by atoms with van der Waals surface area (Å²) >= 11 is 0. The van der Waals surface area contributed by atoms with Crippen molar-refractivity contribution in [3.8, 4) is 11.3 Å². The SMILES string of the molecule is CS(=O)(=O)Nc1c(-c2ccccc2)nc2ccccc2c1C(=O)NC(c1ccccc1)c1ccccn1. The lowest BCUT2D eigenvalue weighted by Gasteiger charge is -2.22. The molecule has 7 nitrogen and oxygen atoms in total. The second-order valence-electron chi connectivity index (χ2n) is 8.54. The van der Waals surface area contributed by atoms with Gasteiger partial charge in [0.1, 0.15) is 0 Å². The standard InChI is InChI=1S/C29H24N4O3S/c1-37(35,36)33-28-25(22-16-8-9-17-23(22)31-27(28)21-14-6-3-7-15-21)29(34)32-26(20-12-4-2-5-13-20)24-18-10-11-19-30-24/h2-19,26,33H,1H3,(H,32,34). The van der Waals surface area contributed by atoms with Crippen molar-refractivity contribution in [2.75, 3.05) is 11.0 Å². The predicted octanol–water partition coefficient (Wildman–Crippen LogP) is 5.19. The molecule has 2 N–H and O–H groups in total. The van der Waals surface area contributed by atoms with Gasteiger partial charge in [0.2, 0.25) is 10.0 Å². The molecule has 1 amide bonds. The first-order chi connectivity index (χ1) is 17.9. The normalized spacial score (nSPS) is 12.1. The summed E-state index contributed by atoms with van der Waals surface area (Å²) in [7, 11) is -3.75. The zero-order chi connectivity index (χ0) is 25.8. The minimum atomic E-state index is -3.75. The number of nitrogens with zero attached hydrogens (tertiary/aromatic N) is 2. The van der Waals surface area contributed by atoms with E-state index in [1.165, 1.54) is 0 Å². The molecular weight excluding hydrogens is 484 g/mol. The number of rotatable bonds is 7. The lowest BCUT2D eigenvalue weighted by Crippen LogP contribution is -2.31. The molecule has 0 aliphatic rings. The van der Waals surface area contributed by atoms with Crippen LogP contribution in [0.4, 0.5) is 5.69 Å². The average Bonchev–Trinajstić information content (AvgIpc) is 2.92. The van der Waals surface area contributed by atoms with Crippen LogP contribution in [0, 0.1) is 0 Å².